The number of hydrogen-bond acceptors (Lipinski definition) is 3. The number of benzene rings is 1. The SMILES string of the molecule is COC(=O)CCC(=O)/C=C/c1cccc(Cl)c1. The first-order valence-corrected chi connectivity index (χ1v) is 5.53. The van der Waals surface area contributed by atoms with E-state index in [1.165, 1.54) is 13.2 Å². The van der Waals surface area contributed by atoms with E-state index < -0.39 is 0 Å². The van der Waals surface area contributed by atoms with Gasteiger partial charge in [-0.1, -0.05) is 29.8 Å². The molecule has 0 heterocycles. The van der Waals surface area contributed by atoms with Gasteiger partial charge in [0, 0.05) is 11.4 Å². The molecular weight excluding hydrogens is 240 g/mol. The van der Waals surface area contributed by atoms with E-state index in [4.69, 9.17) is 11.6 Å². The molecule has 1 aromatic rings. The zero-order valence-electron chi connectivity index (χ0n) is 9.48. The van der Waals surface area contributed by atoms with Gasteiger partial charge in [-0.05, 0) is 23.8 Å². The number of carbonyl (C=O) groups is 2. The van der Waals surface area contributed by atoms with Crippen molar-refractivity contribution in [1.29, 1.82) is 0 Å². The molecule has 0 atom stereocenters. The Bertz CT molecular complexity index is 438. The molecule has 0 saturated heterocycles. The molecule has 90 valence electrons. The average molecular weight is 253 g/mol. The summed E-state index contributed by atoms with van der Waals surface area (Å²) in [5, 5.41) is 0.620. The summed E-state index contributed by atoms with van der Waals surface area (Å²) in [5.41, 5.74) is 0.851. The van der Waals surface area contributed by atoms with Gasteiger partial charge in [0.15, 0.2) is 5.78 Å². The molecule has 1 aromatic carbocycles. The van der Waals surface area contributed by atoms with Gasteiger partial charge in [0.2, 0.25) is 0 Å². The van der Waals surface area contributed by atoms with Gasteiger partial charge in [-0.15, -0.1) is 0 Å². The van der Waals surface area contributed by atoms with Gasteiger partial charge < -0.3 is 4.74 Å². The third-order valence-electron chi connectivity index (χ3n) is 2.11. The Morgan fingerprint density at radius 1 is 1.35 bits per heavy atom. The van der Waals surface area contributed by atoms with Crippen molar-refractivity contribution in [1.82, 2.24) is 0 Å². The number of ether oxygens (including phenoxy) is 1. The summed E-state index contributed by atoms with van der Waals surface area (Å²) in [6.07, 6.45) is 3.37. The maximum atomic E-state index is 11.4. The smallest absolute Gasteiger partial charge is 0.305 e. The van der Waals surface area contributed by atoms with Gasteiger partial charge in [0.1, 0.15) is 0 Å². The normalized spacial score (nSPS) is 10.5. The lowest BCUT2D eigenvalue weighted by Crippen LogP contribution is -2.03. The highest BCUT2D eigenvalue weighted by Crippen LogP contribution is 2.12. The van der Waals surface area contributed by atoms with Crippen molar-refractivity contribution in [3.05, 3.63) is 40.9 Å². The van der Waals surface area contributed by atoms with E-state index in [0.717, 1.165) is 5.56 Å². The van der Waals surface area contributed by atoms with E-state index in [1.54, 1.807) is 24.3 Å². The Hall–Kier alpha value is -1.61. The lowest BCUT2D eigenvalue weighted by atomic mass is 10.1. The van der Waals surface area contributed by atoms with Crippen LogP contribution in [0.2, 0.25) is 5.02 Å². The molecule has 4 heteroatoms. The fourth-order valence-electron chi connectivity index (χ4n) is 1.21. The van der Waals surface area contributed by atoms with E-state index in [2.05, 4.69) is 4.74 Å². The molecule has 0 bridgehead atoms. The van der Waals surface area contributed by atoms with E-state index in [0.29, 0.717) is 5.02 Å². The van der Waals surface area contributed by atoms with Gasteiger partial charge in [-0.25, -0.2) is 0 Å². The van der Waals surface area contributed by atoms with Crippen LogP contribution < -0.4 is 0 Å². The number of allylic oxidation sites excluding steroid dienone is 1. The van der Waals surface area contributed by atoms with E-state index in [9.17, 15) is 9.59 Å². The summed E-state index contributed by atoms with van der Waals surface area (Å²) in [7, 11) is 1.30. The Kier molecular flexibility index (Phi) is 5.43. The molecule has 0 aliphatic rings. The van der Waals surface area contributed by atoms with Crippen molar-refractivity contribution >= 4 is 29.4 Å². The average Bonchev–Trinajstić information content (AvgIpc) is 2.33. The molecule has 0 spiro atoms. The van der Waals surface area contributed by atoms with Crippen LogP contribution in [0.25, 0.3) is 6.08 Å². The molecule has 0 aromatic heterocycles. The zero-order valence-corrected chi connectivity index (χ0v) is 10.2. The second-order valence-electron chi connectivity index (χ2n) is 3.43. The Labute approximate surface area is 105 Å². The predicted molar refractivity (Wildman–Crippen MR) is 66.7 cm³/mol. The first-order valence-electron chi connectivity index (χ1n) is 5.15. The quantitative estimate of drug-likeness (QED) is 0.598. The van der Waals surface area contributed by atoms with Crippen LogP contribution in [-0.4, -0.2) is 18.9 Å². The molecular formula is C13H13ClO3. The highest BCUT2D eigenvalue weighted by atomic mass is 35.5. The molecule has 17 heavy (non-hydrogen) atoms. The van der Waals surface area contributed by atoms with Crippen LogP contribution in [0.1, 0.15) is 18.4 Å². The van der Waals surface area contributed by atoms with Crippen molar-refractivity contribution in [3.63, 3.8) is 0 Å². The van der Waals surface area contributed by atoms with E-state index >= 15 is 0 Å². The maximum absolute atomic E-state index is 11.4. The molecule has 0 aliphatic carbocycles. The van der Waals surface area contributed by atoms with Gasteiger partial charge >= 0.3 is 5.97 Å². The summed E-state index contributed by atoms with van der Waals surface area (Å²) >= 11 is 5.80. The van der Waals surface area contributed by atoms with Gasteiger partial charge in [0.25, 0.3) is 0 Å². The molecule has 0 saturated carbocycles. The number of halogens is 1. The fraction of sp³-hybridized carbons (Fsp3) is 0.231. The number of carbonyl (C=O) groups excluding carboxylic acids is 2. The van der Waals surface area contributed by atoms with Crippen LogP contribution in [0.4, 0.5) is 0 Å². The largest absolute Gasteiger partial charge is 0.469 e. The zero-order chi connectivity index (χ0) is 12.7. The van der Waals surface area contributed by atoms with Crippen LogP contribution in [0.5, 0.6) is 0 Å². The van der Waals surface area contributed by atoms with Gasteiger partial charge in [0.05, 0.1) is 13.5 Å². The van der Waals surface area contributed by atoms with E-state index in [1.807, 2.05) is 6.07 Å². The molecule has 0 fully saturated rings. The third kappa shape index (κ3) is 5.31. The lowest BCUT2D eigenvalue weighted by Gasteiger charge is -1.96. The van der Waals surface area contributed by atoms with Crippen molar-refractivity contribution in [2.45, 2.75) is 12.8 Å². The number of rotatable bonds is 5. The first-order chi connectivity index (χ1) is 8.11. The maximum Gasteiger partial charge on any atom is 0.305 e. The Morgan fingerprint density at radius 2 is 2.12 bits per heavy atom. The highest BCUT2D eigenvalue weighted by Gasteiger charge is 2.03. The van der Waals surface area contributed by atoms with Crippen LogP contribution in [0.3, 0.4) is 0 Å². The first kappa shape index (κ1) is 13.5. The highest BCUT2D eigenvalue weighted by molar-refractivity contribution is 6.30. The van der Waals surface area contributed by atoms with Crippen molar-refractivity contribution < 1.29 is 14.3 Å². The summed E-state index contributed by atoms with van der Waals surface area (Å²) in [6, 6.07) is 7.17. The van der Waals surface area contributed by atoms with Crippen molar-refractivity contribution in [2.24, 2.45) is 0 Å². The molecule has 0 amide bonds. The topological polar surface area (TPSA) is 43.4 Å². The standard InChI is InChI=1S/C13H13ClO3/c1-17-13(16)8-7-12(15)6-5-10-3-2-4-11(14)9-10/h2-6,9H,7-8H2,1H3/b6-5+. The minimum atomic E-state index is -0.380. The second kappa shape index (κ2) is 6.86. The molecule has 0 aliphatic heterocycles. The third-order valence-corrected chi connectivity index (χ3v) is 2.35. The molecule has 0 radical (unpaired) electrons. The number of methoxy groups -OCH3 is 1. The van der Waals surface area contributed by atoms with Crippen LogP contribution >= 0.6 is 11.6 Å². The summed E-state index contributed by atoms with van der Waals surface area (Å²) < 4.78 is 4.45. The Morgan fingerprint density at radius 3 is 2.76 bits per heavy atom. The Balaban J connectivity index is 2.48. The van der Waals surface area contributed by atoms with Crippen LogP contribution in [0, 0.1) is 0 Å². The summed E-state index contributed by atoms with van der Waals surface area (Å²) in [6.45, 7) is 0. The van der Waals surface area contributed by atoms with Gasteiger partial charge in [-0.2, -0.15) is 0 Å². The minimum absolute atomic E-state index is 0.106. The summed E-state index contributed by atoms with van der Waals surface area (Å²) in [5.74, 6) is -0.495. The summed E-state index contributed by atoms with van der Waals surface area (Å²) in [4.78, 5) is 22.2. The second-order valence-corrected chi connectivity index (χ2v) is 3.87. The van der Waals surface area contributed by atoms with Gasteiger partial charge in [-0.3, -0.25) is 9.59 Å². The predicted octanol–water partition coefficient (Wildman–Crippen LogP) is 2.88. The monoisotopic (exact) mass is 252 g/mol. The molecule has 1 rings (SSSR count). The number of esters is 1. The molecule has 3 nitrogen and oxygen atoms in total. The molecule has 0 unspecified atom stereocenters. The molecule has 0 N–H and O–H groups in total. The lowest BCUT2D eigenvalue weighted by molar-refractivity contribution is -0.141. The van der Waals surface area contributed by atoms with Crippen LogP contribution in [-0.2, 0) is 14.3 Å². The minimum Gasteiger partial charge on any atom is -0.469 e. The number of ketones is 1. The number of hydrogen-bond donors (Lipinski definition) is 0. The van der Waals surface area contributed by atoms with Crippen molar-refractivity contribution in [3.8, 4) is 0 Å². The van der Waals surface area contributed by atoms with Crippen LogP contribution in [0.15, 0.2) is 30.3 Å². The van der Waals surface area contributed by atoms with E-state index in [-0.39, 0.29) is 24.6 Å². The van der Waals surface area contributed by atoms with Crippen molar-refractivity contribution in [2.75, 3.05) is 7.11 Å². The fourth-order valence-corrected chi connectivity index (χ4v) is 1.41.